The number of amides is 1. The number of hydrogen-bond acceptors (Lipinski definition) is 7. The predicted octanol–water partition coefficient (Wildman–Crippen LogP) is 1.55. The molecule has 0 saturated carbocycles. The van der Waals surface area contributed by atoms with Crippen LogP contribution < -0.4 is 18.9 Å². The smallest absolute Gasteiger partial charge is 0.278 e. The first-order valence-corrected chi connectivity index (χ1v) is 8.26. The third kappa shape index (κ3) is 4.33. The summed E-state index contributed by atoms with van der Waals surface area (Å²) in [5, 5.41) is 0. The van der Waals surface area contributed by atoms with E-state index in [-0.39, 0.29) is 18.6 Å². The van der Waals surface area contributed by atoms with Gasteiger partial charge in [-0.1, -0.05) is 6.07 Å². The lowest BCUT2D eigenvalue weighted by Gasteiger charge is -2.17. The minimum absolute atomic E-state index is 0.0334. The lowest BCUT2D eigenvalue weighted by Crippen LogP contribution is -2.34. The Hall–Kier alpha value is -3.03. The average molecular weight is 359 g/mol. The molecule has 1 saturated heterocycles. The number of methoxy groups -OCH3 is 2. The minimum Gasteiger partial charge on any atom is -0.497 e. The van der Waals surface area contributed by atoms with E-state index in [9.17, 15) is 4.79 Å². The van der Waals surface area contributed by atoms with Gasteiger partial charge < -0.3 is 23.8 Å². The van der Waals surface area contributed by atoms with Crippen LogP contribution in [0.3, 0.4) is 0 Å². The number of hydrogen-bond donors (Lipinski definition) is 0. The summed E-state index contributed by atoms with van der Waals surface area (Å²) in [5.41, 5.74) is 0. The first-order valence-electron chi connectivity index (χ1n) is 8.26. The average Bonchev–Trinajstić information content (AvgIpc) is 3.15. The van der Waals surface area contributed by atoms with Crippen LogP contribution in [0.25, 0.3) is 0 Å². The van der Waals surface area contributed by atoms with Crippen LogP contribution in [0.1, 0.15) is 6.42 Å². The van der Waals surface area contributed by atoms with Gasteiger partial charge in [-0.15, -0.1) is 0 Å². The molecule has 0 aliphatic carbocycles. The van der Waals surface area contributed by atoms with E-state index in [1.54, 1.807) is 24.1 Å². The van der Waals surface area contributed by atoms with Crippen molar-refractivity contribution in [2.75, 3.05) is 33.9 Å². The number of nitrogens with zero attached hydrogens (tertiary/aromatic N) is 3. The molecular weight excluding hydrogens is 338 g/mol. The molecule has 1 aromatic carbocycles. The standard InChI is InChI=1S/C18H21N3O5/c1-23-13-4-3-5-14(10-13)25-12-16(22)21-9-6-15(11-21)26-18-17(24-2)19-7-8-20-18/h3-5,7-8,10,15H,6,9,11-12H2,1-2H3. The van der Waals surface area contributed by atoms with Crippen molar-refractivity contribution in [2.24, 2.45) is 0 Å². The molecule has 1 aliphatic rings. The van der Waals surface area contributed by atoms with Crippen LogP contribution in [0.15, 0.2) is 36.7 Å². The quantitative estimate of drug-likeness (QED) is 0.742. The molecule has 138 valence electrons. The van der Waals surface area contributed by atoms with Crippen LogP contribution in [0.5, 0.6) is 23.3 Å². The predicted molar refractivity (Wildman–Crippen MR) is 92.7 cm³/mol. The SMILES string of the molecule is COc1cccc(OCC(=O)N2CCC(Oc3nccnc3OC)C2)c1. The summed E-state index contributed by atoms with van der Waals surface area (Å²) in [5.74, 6) is 1.85. The summed E-state index contributed by atoms with van der Waals surface area (Å²) in [7, 11) is 3.10. The largest absolute Gasteiger partial charge is 0.497 e. The van der Waals surface area contributed by atoms with Gasteiger partial charge in [0.05, 0.1) is 20.8 Å². The zero-order chi connectivity index (χ0) is 18.4. The highest BCUT2D eigenvalue weighted by molar-refractivity contribution is 5.78. The fourth-order valence-corrected chi connectivity index (χ4v) is 2.67. The van der Waals surface area contributed by atoms with Gasteiger partial charge in [-0.2, -0.15) is 0 Å². The van der Waals surface area contributed by atoms with E-state index in [2.05, 4.69) is 9.97 Å². The number of carbonyl (C=O) groups excluding carboxylic acids is 1. The highest BCUT2D eigenvalue weighted by Gasteiger charge is 2.29. The fourth-order valence-electron chi connectivity index (χ4n) is 2.67. The Balaban J connectivity index is 1.50. The summed E-state index contributed by atoms with van der Waals surface area (Å²) in [6, 6.07) is 7.15. The summed E-state index contributed by atoms with van der Waals surface area (Å²) >= 11 is 0. The maximum Gasteiger partial charge on any atom is 0.278 e. The molecule has 1 fully saturated rings. The number of carbonyl (C=O) groups is 1. The van der Waals surface area contributed by atoms with Gasteiger partial charge >= 0.3 is 0 Å². The Bertz CT molecular complexity index is 755. The fraction of sp³-hybridized carbons (Fsp3) is 0.389. The molecule has 1 atom stereocenters. The first kappa shape index (κ1) is 17.8. The van der Waals surface area contributed by atoms with Crippen LogP contribution in [-0.2, 0) is 4.79 Å². The molecule has 8 nitrogen and oxygen atoms in total. The molecule has 1 aliphatic heterocycles. The summed E-state index contributed by atoms with van der Waals surface area (Å²) in [6.07, 6.45) is 3.63. The zero-order valence-electron chi connectivity index (χ0n) is 14.8. The molecular formula is C18H21N3O5. The third-order valence-electron chi connectivity index (χ3n) is 4.01. The Kier molecular flexibility index (Phi) is 5.73. The Morgan fingerprint density at radius 3 is 2.69 bits per heavy atom. The van der Waals surface area contributed by atoms with Crippen LogP contribution in [-0.4, -0.2) is 60.8 Å². The van der Waals surface area contributed by atoms with Gasteiger partial charge in [0.25, 0.3) is 17.7 Å². The van der Waals surface area contributed by atoms with Gasteiger partial charge in [0.2, 0.25) is 0 Å². The highest BCUT2D eigenvalue weighted by atomic mass is 16.5. The summed E-state index contributed by atoms with van der Waals surface area (Å²) < 4.78 is 21.6. The van der Waals surface area contributed by atoms with E-state index >= 15 is 0 Å². The maximum absolute atomic E-state index is 12.4. The number of likely N-dealkylation sites (tertiary alicyclic amines) is 1. The number of ether oxygens (including phenoxy) is 4. The van der Waals surface area contributed by atoms with Crippen molar-refractivity contribution in [3.63, 3.8) is 0 Å². The minimum atomic E-state index is -0.152. The van der Waals surface area contributed by atoms with E-state index in [0.29, 0.717) is 42.8 Å². The molecule has 1 amide bonds. The Morgan fingerprint density at radius 1 is 1.15 bits per heavy atom. The second kappa shape index (κ2) is 8.37. The van der Waals surface area contributed by atoms with Gasteiger partial charge in [-0.05, 0) is 12.1 Å². The van der Waals surface area contributed by atoms with Crippen LogP contribution in [0.4, 0.5) is 0 Å². The second-order valence-electron chi connectivity index (χ2n) is 5.71. The van der Waals surface area contributed by atoms with E-state index < -0.39 is 0 Å². The van der Waals surface area contributed by atoms with Crippen LogP contribution >= 0.6 is 0 Å². The zero-order valence-corrected chi connectivity index (χ0v) is 14.8. The molecule has 0 radical (unpaired) electrons. The molecule has 2 heterocycles. The van der Waals surface area contributed by atoms with Crippen molar-refractivity contribution >= 4 is 5.91 Å². The first-order chi connectivity index (χ1) is 12.7. The van der Waals surface area contributed by atoms with Crippen molar-refractivity contribution in [1.82, 2.24) is 14.9 Å². The normalized spacial score (nSPS) is 16.2. The monoisotopic (exact) mass is 359 g/mol. The van der Waals surface area contributed by atoms with Gasteiger partial charge in [0.15, 0.2) is 6.61 Å². The van der Waals surface area contributed by atoms with Crippen molar-refractivity contribution in [2.45, 2.75) is 12.5 Å². The molecule has 8 heteroatoms. The number of benzene rings is 1. The second-order valence-corrected chi connectivity index (χ2v) is 5.71. The highest BCUT2D eigenvalue weighted by Crippen LogP contribution is 2.24. The van der Waals surface area contributed by atoms with Crippen LogP contribution in [0, 0.1) is 0 Å². The summed E-state index contributed by atoms with van der Waals surface area (Å²) in [4.78, 5) is 22.2. The molecule has 0 N–H and O–H groups in total. The van der Waals surface area contributed by atoms with E-state index in [0.717, 1.165) is 0 Å². The van der Waals surface area contributed by atoms with E-state index in [1.165, 1.54) is 19.5 Å². The molecule has 26 heavy (non-hydrogen) atoms. The van der Waals surface area contributed by atoms with Crippen LogP contribution in [0.2, 0.25) is 0 Å². The van der Waals surface area contributed by atoms with Crippen molar-refractivity contribution in [1.29, 1.82) is 0 Å². The Morgan fingerprint density at radius 2 is 1.92 bits per heavy atom. The molecule has 1 aromatic heterocycles. The van der Waals surface area contributed by atoms with Gasteiger partial charge in [0, 0.05) is 31.4 Å². The molecule has 0 bridgehead atoms. The van der Waals surface area contributed by atoms with Gasteiger partial charge in [-0.25, -0.2) is 9.97 Å². The van der Waals surface area contributed by atoms with Gasteiger partial charge in [0.1, 0.15) is 17.6 Å². The third-order valence-corrected chi connectivity index (χ3v) is 4.01. The van der Waals surface area contributed by atoms with Crippen molar-refractivity contribution < 1.29 is 23.7 Å². The number of aromatic nitrogens is 2. The molecule has 3 rings (SSSR count). The lowest BCUT2D eigenvalue weighted by molar-refractivity contribution is -0.132. The summed E-state index contributed by atoms with van der Waals surface area (Å²) in [6.45, 7) is 1.04. The molecule has 1 unspecified atom stereocenters. The van der Waals surface area contributed by atoms with E-state index in [1.807, 2.05) is 12.1 Å². The van der Waals surface area contributed by atoms with Crippen molar-refractivity contribution in [3.05, 3.63) is 36.7 Å². The number of rotatable bonds is 7. The van der Waals surface area contributed by atoms with Crippen molar-refractivity contribution in [3.8, 4) is 23.3 Å². The lowest BCUT2D eigenvalue weighted by atomic mass is 10.3. The van der Waals surface area contributed by atoms with E-state index in [4.69, 9.17) is 18.9 Å². The molecule has 0 spiro atoms. The maximum atomic E-state index is 12.4. The van der Waals surface area contributed by atoms with Gasteiger partial charge in [-0.3, -0.25) is 4.79 Å². The Labute approximate surface area is 151 Å². The topological polar surface area (TPSA) is 83.0 Å². The molecule has 2 aromatic rings.